The Morgan fingerprint density at radius 1 is 1.11 bits per heavy atom. The number of amides is 2. The molecule has 0 N–H and O–H groups in total. The highest BCUT2D eigenvalue weighted by Gasteiger charge is 2.40. The highest BCUT2D eigenvalue weighted by atomic mass is 32.2. The first-order valence-electron chi connectivity index (χ1n) is 12.6. The number of hydrogen-bond donors (Lipinski definition) is 0. The Hall–Kier alpha value is -3.24. The molecule has 0 aliphatic carbocycles. The second kappa shape index (κ2) is 10.5. The molecule has 3 aromatic rings. The SMILES string of the molecule is CC(C)(C)n1nc(-c2ccccc2)c2c1N(CC(=O)N1CCOCC1)C(=O)CSC2c1ccc(F)cc1F. The molecule has 38 heavy (non-hydrogen) atoms. The van der Waals surface area contributed by atoms with Crippen LogP contribution in [0.2, 0.25) is 0 Å². The van der Waals surface area contributed by atoms with Gasteiger partial charge in [0.2, 0.25) is 11.8 Å². The van der Waals surface area contributed by atoms with E-state index in [1.165, 1.54) is 28.8 Å². The van der Waals surface area contributed by atoms with Crippen LogP contribution in [-0.2, 0) is 19.9 Å². The van der Waals surface area contributed by atoms with Gasteiger partial charge in [-0.15, -0.1) is 11.8 Å². The molecule has 1 atom stereocenters. The zero-order chi connectivity index (χ0) is 27.0. The first kappa shape index (κ1) is 26.4. The highest BCUT2D eigenvalue weighted by molar-refractivity contribution is 8.00. The van der Waals surface area contributed by atoms with E-state index >= 15 is 4.39 Å². The standard InChI is InChI=1S/C28H30F2N4O3S/c1-28(2,3)34-27-24(25(31-34)18-7-5-4-6-8-18)26(20-10-9-19(29)15-21(20)30)38-17-23(36)33(27)16-22(35)32-11-13-37-14-12-32/h4-10,15,26H,11-14,16-17H2,1-3H3. The highest BCUT2D eigenvalue weighted by Crippen LogP contribution is 2.49. The van der Waals surface area contributed by atoms with Crippen molar-refractivity contribution >= 4 is 29.4 Å². The maximum atomic E-state index is 15.2. The summed E-state index contributed by atoms with van der Waals surface area (Å²) in [7, 11) is 0. The maximum absolute atomic E-state index is 15.2. The topological polar surface area (TPSA) is 67.7 Å². The molecular weight excluding hydrogens is 510 g/mol. The van der Waals surface area contributed by atoms with Gasteiger partial charge in [0, 0.05) is 35.8 Å². The zero-order valence-electron chi connectivity index (χ0n) is 21.6. The number of benzene rings is 2. The molecule has 5 rings (SSSR count). The van der Waals surface area contributed by atoms with Crippen molar-refractivity contribution in [2.75, 3.05) is 43.5 Å². The molecule has 0 spiro atoms. The minimum Gasteiger partial charge on any atom is -0.378 e. The third-order valence-electron chi connectivity index (χ3n) is 6.67. The Kier molecular flexibility index (Phi) is 7.28. The smallest absolute Gasteiger partial charge is 0.242 e. The molecule has 2 aliphatic rings. The summed E-state index contributed by atoms with van der Waals surface area (Å²) >= 11 is 1.26. The number of aromatic nitrogens is 2. The molecule has 2 aliphatic heterocycles. The number of carbonyl (C=O) groups excluding carboxylic acids is 2. The van der Waals surface area contributed by atoms with Gasteiger partial charge in [0.25, 0.3) is 0 Å². The van der Waals surface area contributed by atoms with Gasteiger partial charge in [0.15, 0.2) is 0 Å². The Morgan fingerprint density at radius 2 is 1.82 bits per heavy atom. The third-order valence-corrected chi connectivity index (χ3v) is 7.91. The van der Waals surface area contributed by atoms with Crippen molar-refractivity contribution in [2.24, 2.45) is 0 Å². The van der Waals surface area contributed by atoms with Gasteiger partial charge in [0.1, 0.15) is 24.0 Å². The minimum atomic E-state index is -0.693. The number of thioether (sulfide) groups is 1. The molecule has 200 valence electrons. The van der Waals surface area contributed by atoms with Crippen LogP contribution in [0.15, 0.2) is 48.5 Å². The molecule has 0 saturated carbocycles. The second-order valence-corrected chi connectivity index (χ2v) is 11.5. The normalized spacial score (nSPS) is 18.3. The number of hydrogen-bond acceptors (Lipinski definition) is 5. The van der Waals surface area contributed by atoms with E-state index in [2.05, 4.69) is 0 Å². The summed E-state index contributed by atoms with van der Waals surface area (Å²) in [6, 6.07) is 13.0. The van der Waals surface area contributed by atoms with Crippen LogP contribution in [0.25, 0.3) is 11.3 Å². The summed E-state index contributed by atoms with van der Waals surface area (Å²) in [5.41, 5.74) is 1.71. The largest absolute Gasteiger partial charge is 0.378 e. The summed E-state index contributed by atoms with van der Waals surface area (Å²) < 4.78 is 36.2. The number of halogens is 2. The van der Waals surface area contributed by atoms with Crippen LogP contribution in [0, 0.1) is 11.6 Å². The van der Waals surface area contributed by atoms with E-state index in [0.29, 0.717) is 43.4 Å². The third kappa shape index (κ3) is 5.07. The lowest BCUT2D eigenvalue weighted by Crippen LogP contribution is -2.48. The molecule has 0 radical (unpaired) electrons. The molecule has 10 heteroatoms. The van der Waals surface area contributed by atoms with Gasteiger partial charge in [-0.3, -0.25) is 14.5 Å². The molecule has 2 amide bonds. The average molecular weight is 541 g/mol. The van der Waals surface area contributed by atoms with E-state index < -0.39 is 22.4 Å². The van der Waals surface area contributed by atoms with Gasteiger partial charge in [-0.05, 0) is 26.8 Å². The molecule has 1 aromatic heterocycles. The number of carbonyl (C=O) groups is 2. The Balaban J connectivity index is 1.73. The number of anilines is 1. The maximum Gasteiger partial charge on any atom is 0.242 e. The van der Waals surface area contributed by atoms with Crippen LogP contribution in [0.4, 0.5) is 14.6 Å². The van der Waals surface area contributed by atoms with Crippen LogP contribution in [0.1, 0.15) is 37.1 Å². The van der Waals surface area contributed by atoms with Crippen molar-refractivity contribution in [3.8, 4) is 11.3 Å². The molecule has 1 saturated heterocycles. The first-order chi connectivity index (χ1) is 18.1. The second-order valence-electron chi connectivity index (χ2n) is 10.4. The molecule has 7 nitrogen and oxygen atoms in total. The minimum absolute atomic E-state index is 0.0188. The molecule has 3 heterocycles. The fourth-order valence-electron chi connectivity index (χ4n) is 4.80. The lowest BCUT2D eigenvalue weighted by atomic mass is 9.98. The fraction of sp³-hybridized carbons (Fsp3) is 0.393. The molecule has 1 unspecified atom stereocenters. The lowest BCUT2D eigenvalue weighted by Gasteiger charge is -2.32. The van der Waals surface area contributed by atoms with Crippen LogP contribution in [-0.4, -0.2) is 65.1 Å². The predicted octanol–water partition coefficient (Wildman–Crippen LogP) is 4.61. The number of fused-ring (bicyclic) bond motifs is 1. The fourth-order valence-corrected chi connectivity index (χ4v) is 6.02. The van der Waals surface area contributed by atoms with E-state index in [4.69, 9.17) is 9.84 Å². The van der Waals surface area contributed by atoms with Crippen molar-refractivity contribution < 1.29 is 23.1 Å². The Labute approximate surface area is 224 Å². The summed E-state index contributed by atoms with van der Waals surface area (Å²) in [6.45, 7) is 7.54. The lowest BCUT2D eigenvalue weighted by molar-refractivity contribution is -0.134. The summed E-state index contributed by atoms with van der Waals surface area (Å²) in [5.74, 6) is -1.35. The van der Waals surface area contributed by atoms with Crippen molar-refractivity contribution in [1.29, 1.82) is 0 Å². The summed E-state index contributed by atoms with van der Waals surface area (Å²) in [5, 5.41) is 4.32. The average Bonchev–Trinajstić information content (AvgIpc) is 3.24. The van der Waals surface area contributed by atoms with Crippen LogP contribution >= 0.6 is 11.8 Å². The quantitative estimate of drug-likeness (QED) is 0.484. The van der Waals surface area contributed by atoms with Crippen molar-refractivity contribution in [3.63, 3.8) is 0 Å². The van der Waals surface area contributed by atoms with E-state index in [1.807, 2.05) is 51.1 Å². The Bertz CT molecular complexity index is 1350. The molecule has 1 fully saturated rings. The van der Waals surface area contributed by atoms with Gasteiger partial charge in [-0.1, -0.05) is 36.4 Å². The Morgan fingerprint density at radius 3 is 2.47 bits per heavy atom. The first-order valence-corrected chi connectivity index (χ1v) is 13.6. The number of morpholine rings is 1. The van der Waals surface area contributed by atoms with Crippen molar-refractivity contribution in [1.82, 2.24) is 14.7 Å². The molecule has 0 bridgehead atoms. The zero-order valence-corrected chi connectivity index (χ0v) is 22.4. The van der Waals surface area contributed by atoms with E-state index in [-0.39, 0.29) is 29.7 Å². The number of rotatable bonds is 4. The van der Waals surface area contributed by atoms with Crippen LogP contribution in [0.5, 0.6) is 0 Å². The van der Waals surface area contributed by atoms with Gasteiger partial charge in [-0.2, -0.15) is 5.10 Å². The predicted molar refractivity (Wildman–Crippen MR) is 143 cm³/mol. The number of nitrogens with zero attached hydrogens (tertiary/aromatic N) is 4. The number of ether oxygens (including phenoxy) is 1. The van der Waals surface area contributed by atoms with Crippen LogP contribution in [0.3, 0.4) is 0 Å². The van der Waals surface area contributed by atoms with Crippen LogP contribution < -0.4 is 4.90 Å². The monoisotopic (exact) mass is 540 g/mol. The van der Waals surface area contributed by atoms with Gasteiger partial charge >= 0.3 is 0 Å². The van der Waals surface area contributed by atoms with Crippen molar-refractivity contribution in [2.45, 2.75) is 31.6 Å². The summed E-state index contributed by atoms with van der Waals surface area (Å²) in [4.78, 5) is 30.2. The summed E-state index contributed by atoms with van der Waals surface area (Å²) in [6.07, 6.45) is 0. The van der Waals surface area contributed by atoms with Gasteiger partial charge in [0.05, 0.1) is 35.4 Å². The van der Waals surface area contributed by atoms with E-state index in [0.717, 1.165) is 11.6 Å². The van der Waals surface area contributed by atoms with Gasteiger partial charge < -0.3 is 9.64 Å². The van der Waals surface area contributed by atoms with Crippen molar-refractivity contribution in [3.05, 3.63) is 71.3 Å². The molecule has 2 aromatic carbocycles. The van der Waals surface area contributed by atoms with E-state index in [1.54, 1.807) is 9.58 Å². The molecular formula is C28H30F2N4O3S. The van der Waals surface area contributed by atoms with E-state index in [9.17, 15) is 14.0 Å². The van der Waals surface area contributed by atoms with Gasteiger partial charge in [-0.25, -0.2) is 13.5 Å².